The molecule has 0 fully saturated rings. The highest BCUT2D eigenvalue weighted by Crippen LogP contribution is 2.35. The summed E-state index contributed by atoms with van der Waals surface area (Å²) in [6, 6.07) is 10.6. The highest BCUT2D eigenvalue weighted by Gasteiger charge is 2.14. The van der Waals surface area contributed by atoms with Crippen molar-refractivity contribution in [2.24, 2.45) is 0 Å². The Labute approximate surface area is 181 Å². The van der Waals surface area contributed by atoms with Gasteiger partial charge in [-0.2, -0.15) is 0 Å². The Kier molecular flexibility index (Phi) is 6.63. The van der Waals surface area contributed by atoms with Crippen LogP contribution in [0, 0.1) is 5.82 Å². The topological polar surface area (TPSA) is 51.4 Å². The van der Waals surface area contributed by atoms with Gasteiger partial charge in [-0.15, -0.1) is 0 Å². The largest absolute Gasteiger partial charge is 0.453 e. The first-order chi connectivity index (χ1) is 14.3. The van der Waals surface area contributed by atoms with E-state index < -0.39 is 5.82 Å². The molecular formula is C24H25ClFN3O. The van der Waals surface area contributed by atoms with Gasteiger partial charge in [-0.3, -0.25) is 4.98 Å². The maximum atomic E-state index is 14.4. The maximum absolute atomic E-state index is 14.4. The van der Waals surface area contributed by atoms with Crippen molar-refractivity contribution >= 4 is 33.8 Å². The van der Waals surface area contributed by atoms with E-state index in [0.29, 0.717) is 5.75 Å². The van der Waals surface area contributed by atoms with Crippen molar-refractivity contribution in [3.63, 3.8) is 0 Å². The molecule has 0 saturated heterocycles. The van der Waals surface area contributed by atoms with Crippen molar-refractivity contribution in [1.29, 1.82) is 0 Å². The van der Waals surface area contributed by atoms with Crippen molar-refractivity contribution in [2.45, 2.75) is 27.2 Å². The number of benzene rings is 2. The van der Waals surface area contributed by atoms with Gasteiger partial charge >= 0.3 is 0 Å². The van der Waals surface area contributed by atoms with Crippen LogP contribution in [0.4, 0.5) is 10.1 Å². The fourth-order valence-electron chi connectivity index (χ4n) is 3.06. The summed E-state index contributed by atoms with van der Waals surface area (Å²) in [7, 11) is 2.01. The number of pyridine rings is 1. The Morgan fingerprint density at radius 2 is 1.93 bits per heavy atom. The lowest BCUT2D eigenvalue weighted by Crippen LogP contribution is -2.02. The van der Waals surface area contributed by atoms with Crippen LogP contribution in [0.1, 0.15) is 32.8 Å². The number of ether oxygens (including phenoxy) is 1. The van der Waals surface area contributed by atoms with Gasteiger partial charge in [0.15, 0.2) is 11.6 Å². The number of rotatable bonds is 6. The third-order valence-corrected chi connectivity index (χ3v) is 5.22. The van der Waals surface area contributed by atoms with Gasteiger partial charge in [-0.05, 0) is 61.7 Å². The molecule has 0 aliphatic rings. The zero-order valence-corrected chi connectivity index (χ0v) is 18.3. The van der Waals surface area contributed by atoms with Crippen LogP contribution >= 0.6 is 11.6 Å². The average molecular weight is 426 g/mol. The Hall–Kier alpha value is -3.05. The first-order valence-corrected chi connectivity index (χ1v) is 10.1. The number of nitrogens with two attached hydrogens (primary N) is 1. The van der Waals surface area contributed by atoms with Crippen molar-refractivity contribution < 1.29 is 9.13 Å². The monoisotopic (exact) mass is 425 g/mol. The molecule has 0 amide bonds. The molecule has 1 aromatic heterocycles. The van der Waals surface area contributed by atoms with E-state index in [1.807, 2.05) is 25.2 Å². The fourth-order valence-corrected chi connectivity index (χ4v) is 3.21. The van der Waals surface area contributed by atoms with Crippen LogP contribution in [-0.4, -0.2) is 16.9 Å². The predicted molar refractivity (Wildman–Crippen MR) is 123 cm³/mol. The summed E-state index contributed by atoms with van der Waals surface area (Å²) >= 11 is 5.90. The number of nitrogen functional groups attached to an aromatic ring is 1. The molecule has 156 valence electrons. The molecule has 6 heteroatoms. The Morgan fingerprint density at radius 3 is 2.67 bits per heavy atom. The molecule has 0 bridgehead atoms. The van der Waals surface area contributed by atoms with Gasteiger partial charge in [-0.25, -0.2) is 4.39 Å². The van der Waals surface area contributed by atoms with E-state index in [-0.39, 0.29) is 16.5 Å². The van der Waals surface area contributed by atoms with Crippen LogP contribution < -0.4 is 10.5 Å². The summed E-state index contributed by atoms with van der Waals surface area (Å²) in [6.07, 6.45) is 6.84. The zero-order valence-electron chi connectivity index (χ0n) is 17.5. The SMILES string of the molecule is CCC(C)=CN(C)/C=C(\C)c1ccc2c(Oc3ccc(N)c(Cl)c3F)ccnc2c1. The van der Waals surface area contributed by atoms with E-state index >= 15 is 0 Å². The second-order valence-corrected chi connectivity index (χ2v) is 7.61. The molecule has 30 heavy (non-hydrogen) atoms. The van der Waals surface area contributed by atoms with Crippen molar-refractivity contribution in [2.75, 3.05) is 12.8 Å². The number of hydrogen-bond donors (Lipinski definition) is 1. The minimum Gasteiger partial charge on any atom is -0.453 e. The lowest BCUT2D eigenvalue weighted by molar-refractivity contribution is 0.446. The predicted octanol–water partition coefficient (Wildman–Crippen LogP) is 7.01. The Balaban J connectivity index is 1.93. The molecule has 2 aromatic carbocycles. The fraction of sp³-hybridized carbons (Fsp3) is 0.208. The van der Waals surface area contributed by atoms with Crippen LogP contribution in [0.15, 0.2) is 60.6 Å². The molecular weight excluding hydrogens is 401 g/mol. The van der Waals surface area contributed by atoms with Crippen molar-refractivity contribution in [1.82, 2.24) is 9.88 Å². The second kappa shape index (κ2) is 9.18. The number of halogens is 2. The van der Waals surface area contributed by atoms with Crippen molar-refractivity contribution in [3.05, 3.63) is 77.0 Å². The summed E-state index contributed by atoms with van der Waals surface area (Å²) in [6.45, 7) is 6.30. The number of hydrogen-bond acceptors (Lipinski definition) is 4. The minimum atomic E-state index is -0.685. The summed E-state index contributed by atoms with van der Waals surface area (Å²) in [5, 5.41) is 0.627. The van der Waals surface area contributed by atoms with Gasteiger partial charge in [0.25, 0.3) is 0 Å². The molecule has 3 aromatic rings. The molecule has 0 aliphatic heterocycles. The van der Waals surface area contributed by atoms with E-state index in [0.717, 1.165) is 28.5 Å². The normalized spacial score (nSPS) is 12.3. The van der Waals surface area contributed by atoms with Crippen LogP contribution in [0.5, 0.6) is 11.5 Å². The van der Waals surface area contributed by atoms with Gasteiger partial charge in [0.2, 0.25) is 0 Å². The van der Waals surface area contributed by atoms with Crippen molar-refractivity contribution in [3.8, 4) is 11.5 Å². The van der Waals surface area contributed by atoms with Gasteiger partial charge in [0.1, 0.15) is 10.8 Å². The van der Waals surface area contributed by atoms with E-state index in [1.165, 1.54) is 17.7 Å². The number of allylic oxidation sites excluding steroid dienone is 2. The van der Waals surface area contributed by atoms with Crippen LogP contribution in [-0.2, 0) is 0 Å². The quantitative estimate of drug-likeness (QED) is 0.431. The molecule has 0 aliphatic carbocycles. The molecule has 0 saturated carbocycles. The van der Waals surface area contributed by atoms with Gasteiger partial charge in [0.05, 0.1) is 11.2 Å². The third-order valence-electron chi connectivity index (χ3n) is 4.83. The first kappa shape index (κ1) is 21.7. The number of anilines is 1. The Morgan fingerprint density at radius 1 is 1.17 bits per heavy atom. The lowest BCUT2D eigenvalue weighted by Gasteiger charge is -2.13. The average Bonchev–Trinajstić information content (AvgIpc) is 2.73. The summed E-state index contributed by atoms with van der Waals surface area (Å²) in [4.78, 5) is 6.50. The van der Waals surface area contributed by atoms with Crippen LogP contribution in [0.3, 0.4) is 0 Å². The molecule has 4 nitrogen and oxygen atoms in total. The first-order valence-electron chi connectivity index (χ1n) is 9.68. The third kappa shape index (κ3) is 4.74. The molecule has 2 N–H and O–H groups in total. The van der Waals surface area contributed by atoms with E-state index in [9.17, 15) is 4.39 Å². The van der Waals surface area contributed by atoms with Gasteiger partial charge in [0, 0.05) is 31.0 Å². The molecule has 0 atom stereocenters. The minimum absolute atomic E-state index is 0.0153. The van der Waals surface area contributed by atoms with Crippen LogP contribution in [0.2, 0.25) is 5.02 Å². The van der Waals surface area contributed by atoms with E-state index in [1.54, 1.807) is 12.3 Å². The highest BCUT2D eigenvalue weighted by molar-refractivity contribution is 6.33. The van der Waals surface area contributed by atoms with Gasteiger partial charge < -0.3 is 15.4 Å². The highest BCUT2D eigenvalue weighted by atomic mass is 35.5. The summed E-state index contributed by atoms with van der Waals surface area (Å²) in [5.74, 6) is -0.177. The summed E-state index contributed by atoms with van der Waals surface area (Å²) < 4.78 is 20.2. The summed E-state index contributed by atoms with van der Waals surface area (Å²) in [5.41, 5.74) is 10.0. The van der Waals surface area contributed by atoms with E-state index in [4.69, 9.17) is 22.1 Å². The maximum Gasteiger partial charge on any atom is 0.186 e. The Bertz CT molecular complexity index is 1140. The van der Waals surface area contributed by atoms with Gasteiger partial charge in [-0.1, -0.05) is 30.2 Å². The van der Waals surface area contributed by atoms with E-state index in [2.05, 4.69) is 43.1 Å². The number of fused-ring (bicyclic) bond motifs is 1. The molecule has 1 heterocycles. The van der Waals surface area contributed by atoms with Crippen LogP contribution in [0.25, 0.3) is 16.5 Å². The standard InChI is InChI=1S/C24H25ClFN3O/c1-5-15(2)13-29(4)14-16(3)17-6-7-18-20(12-17)28-11-10-21(18)30-22-9-8-19(27)23(25)24(22)26/h6-14H,5,27H2,1-4H3/b15-13?,16-14+. The lowest BCUT2D eigenvalue weighted by atomic mass is 10.1. The molecule has 3 rings (SSSR count). The molecule has 0 unspecified atom stereocenters. The number of nitrogens with zero attached hydrogens (tertiary/aromatic N) is 2. The zero-order chi connectivity index (χ0) is 21.8. The molecule has 0 radical (unpaired) electrons. The number of aromatic nitrogens is 1. The molecule has 0 spiro atoms. The smallest absolute Gasteiger partial charge is 0.186 e. The second-order valence-electron chi connectivity index (χ2n) is 7.23.